The van der Waals surface area contributed by atoms with Crippen LogP contribution in [0.1, 0.15) is 12.8 Å². The smallest absolute Gasteiger partial charge is 0.288 e. The number of nitrogen functional groups attached to an aromatic ring is 1. The van der Waals surface area contributed by atoms with Gasteiger partial charge in [0.05, 0.1) is 11.1 Å². The molecular weight excluding hydrogens is 389 g/mol. The molecule has 0 saturated carbocycles. The molecule has 1 aliphatic heterocycles. The van der Waals surface area contributed by atoms with Gasteiger partial charge in [-0.15, -0.1) is 0 Å². The number of amides is 1. The number of nitro groups is 1. The number of hydrogen-bond donors (Lipinski definition) is 2. The number of halogens is 2. The molecule has 0 bridgehead atoms. The lowest BCUT2D eigenvalue weighted by molar-refractivity contribution is -0.384. The lowest BCUT2D eigenvalue weighted by Gasteiger charge is -2.28. The number of piperidine rings is 1. The number of carbonyl (C=O) groups is 1. The normalized spacial score (nSPS) is 14.7. The highest BCUT2D eigenvalue weighted by Crippen LogP contribution is 2.28. The minimum Gasteiger partial charge on any atom is -0.384 e. The summed E-state index contributed by atoms with van der Waals surface area (Å²) >= 11 is 5.81. The molecule has 150 valence electrons. The number of hydrogen-bond acceptors (Lipinski definition) is 6. The number of rotatable bonds is 3. The number of aromatic nitrogens is 1. The van der Waals surface area contributed by atoms with Gasteiger partial charge in [0.1, 0.15) is 16.7 Å². The van der Waals surface area contributed by atoms with Crippen LogP contribution in [0, 0.1) is 21.8 Å². The summed E-state index contributed by atoms with van der Waals surface area (Å²) in [5.74, 6) is -0.0891. The number of pyridine rings is 1. The predicted octanol–water partition coefficient (Wildman–Crippen LogP) is 3.33. The Bertz CT molecular complexity index is 805. The Morgan fingerprint density at radius 2 is 2.04 bits per heavy atom. The summed E-state index contributed by atoms with van der Waals surface area (Å²) in [5.41, 5.74) is 5.48. The van der Waals surface area contributed by atoms with Crippen LogP contribution in [0.3, 0.4) is 0 Å². The van der Waals surface area contributed by atoms with Gasteiger partial charge in [0.25, 0.3) is 5.69 Å². The summed E-state index contributed by atoms with van der Waals surface area (Å²) in [6, 6.07) is 6.88. The summed E-state index contributed by atoms with van der Waals surface area (Å²) in [5, 5.41) is 13.5. The number of carbonyl (C=O) groups excluding carboxylic acids is 1. The molecule has 1 fully saturated rings. The molecule has 1 amide bonds. The number of benzene rings is 1. The highest BCUT2D eigenvalue weighted by atomic mass is 35.5. The SMILES string of the molecule is CN1CCC(C(=O)Nc2ccc([N+](=O)[O-])c(Cl)c2)CC1.Nc1ccc(F)cn1. The molecule has 0 atom stereocenters. The fourth-order valence-electron chi connectivity index (χ4n) is 2.64. The number of likely N-dealkylation sites (tertiary alicyclic amines) is 1. The third kappa shape index (κ3) is 6.43. The van der Waals surface area contributed by atoms with Crippen LogP contribution in [0.15, 0.2) is 36.5 Å². The topological polar surface area (TPSA) is 114 Å². The zero-order chi connectivity index (χ0) is 20.7. The Morgan fingerprint density at radius 1 is 1.36 bits per heavy atom. The molecule has 10 heteroatoms. The van der Waals surface area contributed by atoms with Crippen LogP contribution in [0.4, 0.5) is 21.6 Å². The number of nitrogens with zero attached hydrogens (tertiary/aromatic N) is 3. The van der Waals surface area contributed by atoms with E-state index in [0.29, 0.717) is 11.5 Å². The van der Waals surface area contributed by atoms with Crippen LogP contribution in [-0.4, -0.2) is 40.9 Å². The highest BCUT2D eigenvalue weighted by Gasteiger charge is 2.23. The van der Waals surface area contributed by atoms with E-state index in [-0.39, 0.29) is 28.4 Å². The fraction of sp³-hybridized carbons (Fsp3) is 0.333. The van der Waals surface area contributed by atoms with Gasteiger partial charge in [0.2, 0.25) is 5.91 Å². The minimum absolute atomic E-state index is 0.0137. The average Bonchev–Trinajstić information content (AvgIpc) is 2.65. The van der Waals surface area contributed by atoms with Gasteiger partial charge < -0.3 is 16.0 Å². The van der Waals surface area contributed by atoms with Crippen molar-refractivity contribution in [2.75, 3.05) is 31.2 Å². The predicted molar refractivity (Wildman–Crippen MR) is 106 cm³/mol. The lowest BCUT2D eigenvalue weighted by Crippen LogP contribution is -2.35. The molecule has 8 nitrogen and oxygen atoms in total. The van der Waals surface area contributed by atoms with Gasteiger partial charge in [-0.1, -0.05) is 11.6 Å². The Hall–Kier alpha value is -2.78. The van der Waals surface area contributed by atoms with Gasteiger partial charge in [-0.25, -0.2) is 9.37 Å². The first-order valence-corrected chi connectivity index (χ1v) is 8.94. The van der Waals surface area contributed by atoms with E-state index in [2.05, 4.69) is 15.2 Å². The summed E-state index contributed by atoms with van der Waals surface area (Å²) in [7, 11) is 2.03. The second kappa shape index (κ2) is 9.95. The summed E-state index contributed by atoms with van der Waals surface area (Å²) in [6.45, 7) is 1.80. The molecule has 2 heterocycles. The van der Waals surface area contributed by atoms with E-state index in [0.717, 1.165) is 32.1 Å². The quantitative estimate of drug-likeness (QED) is 0.593. The molecule has 1 aliphatic rings. The van der Waals surface area contributed by atoms with E-state index in [4.69, 9.17) is 17.3 Å². The molecule has 0 unspecified atom stereocenters. The van der Waals surface area contributed by atoms with Crippen molar-refractivity contribution >= 4 is 34.7 Å². The molecule has 3 N–H and O–H groups in total. The maximum absolute atomic E-state index is 12.1. The molecule has 1 aromatic heterocycles. The van der Waals surface area contributed by atoms with Crippen LogP contribution in [0.25, 0.3) is 0 Å². The van der Waals surface area contributed by atoms with E-state index < -0.39 is 4.92 Å². The first-order valence-electron chi connectivity index (χ1n) is 8.56. The number of nitrogens with one attached hydrogen (secondary N) is 1. The zero-order valence-corrected chi connectivity index (χ0v) is 16.0. The Morgan fingerprint density at radius 3 is 2.54 bits per heavy atom. The fourth-order valence-corrected chi connectivity index (χ4v) is 2.88. The number of anilines is 2. The monoisotopic (exact) mass is 409 g/mol. The maximum Gasteiger partial charge on any atom is 0.288 e. The number of nitro benzene ring substituents is 1. The van der Waals surface area contributed by atoms with Gasteiger partial charge in [-0.3, -0.25) is 14.9 Å². The van der Waals surface area contributed by atoms with Crippen LogP contribution >= 0.6 is 11.6 Å². The Labute approximate surface area is 166 Å². The van der Waals surface area contributed by atoms with Crippen molar-refractivity contribution in [2.24, 2.45) is 5.92 Å². The van der Waals surface area contributed by atoms with E-state index in [9.17, 15) is 19.3 Å². The summed E-state index contributed by atoms with van der Waals surface area (Å²) < 4.78 is 12.0. The average molecular weight is 410 g/mol. The second-order valence-corrected chi connectivity index (χ2v) is 6.80. The second-order valence-electron chi connectivity index (χ2n) is 6.39. The lowest BCUT2D eigenvalue weighted by atomic mass is 9.96. The molecule has 0 spiro atoms. The van der Waals surface area contributed by atoms with Crippen molar-refractivity contribution in [1.29, 1.82) is 0 Å². The molecule has 3 rings (SSSR count). The first-order chi connectivity index (χ1) is 13.3. The van der Waals surface area contributed by atoms with Gasteiger partial charge >= 0.3 is 0 Å². The molecule has 28 heavy (non-hydrogen) atoms. The van der Waals surface area contributed by atoms with Crippen molar-refractivity contribution in [3.8, 4) is 0 Å². The summed E-state index contributed by atoms with van der Waals surface area (Å²) in [4.78, 5) is 27.9. The third-order valence-electron chi connectivity index (χ3n) is 4.25. The van der Waals surface area contributed by atoms with Crippen molar-refractivity contribution in [3.05, 3.63) is 57.5 Å². The molecule has 0 aliphatic carbocycles. The Kier molecular flexibility index (Phi) is 7.65. The van der Waals surface area contributed by atoms with Crippen molar-refractivity contribution in [3.63, 3.8) is 0 Å². The Balaban J connectivity index is 0.000000292. The molecule has 1 saturated heterocycles. The van der Waals surface area contributed by atoms with E-state index in [1.807, 2.05) is 7.05 Å². The third-order valence-corrected chi connectivity index (χ3v) is 4.55. The van der Waals surface area contributed by atoms with E-state index in [1.54, 1.807) is 0 Å². The molecule has 1 aromatic carbocycles. The molecular formula is C18H21ClFN5O3. The standard InChI is InChI=1S/C13H16ClN3O3.C5H5FN2/c1-16-6-4-9(5-7-16)13(18)15-10-2-3-12(17(19)20)11(14)8-10;6-4-1-2-5(7)8-3-4/h2-3,8-9H,4-7H2,1H3,(H,15,18);1-3H,(H2,7,8). The van der Waals surface area contributed by atoms with E-state index >= 15 is 0 Å². The van der Waals surface area contributed by atoms with Crippen molar-refractivity contribution in [1.82, 2.24) is 9.88 Å². The van der Waals surface area contributed by atoms with Crippen LogP contribution < -0.4 is 11.1 Å². The maximum atomic E-state index is 12.1. The minimum atomic E-state index is -0.551. The van der Waals surface area contributed by atoms with Crippen LogP contribution in [0.2, 0.25) is 5.02 Å². The van der Waals surface area contributed by atoms with E-state index in [1.165, 1.54) is 30.3 Å². The van der Waals surface area contributed by atoms with Gasteiger partial charge in [0.15, 0.2) is 0 Å². The largest absolute Gasteiger partial charge is 0.384 e. The summed E-state index contributed by atoms with van der Waals surface area (Å²) in [6.07, 6.45) is 2.72. The first kappa shape index (κ1) is 21.5. The van der Waals surface area contributed by atoms with Crippen molar-refractivity contribution in [2.45, 2.75) is 12.8 Å². The van der Waals surface area contributed by atoms with Gasteiger partial charge in [-0.2, -0.15) is 0 Å². The van der Waals surface area contributed by atoms with Crippen LogP contribution in [-0.2, 0) is 4.79 Å². The highest BCUT2D eigenvalue weighted by molar-refractivity contribution is 6.33. The zero-order valence-electron chi connectivity index (χ0n) is 15.3. The molecule has 2 aromatic rings. The number of nitrogens with two attached hydrogens (primary N) is 1. The van der Waals surface area contributed by atoms with Crippen molar-refractivity contribution < 1.29 is 14.1 Å². The van der Waals surface area contributed by atoms with Crippen LogP contribution in [0.5, 0.6) is 0 Å². The van der Waals surface area contributed by atoms with Gasteiger partial charge in [0, 0.05) is 17.7 Å². The molecule has 0 radical (unpaired) electrons. The van der Waals surface area contributed by atoms with Gasteiger partial charge in [-0.05, 0) is 57.2 Å².